The van der Waals surface area contributed by atoms with Crippen molar-refractivity contribution in [1.82, 2.24) is 9.97 Å². The molecule has 3 heterocycles. The van der Waals surface area contributed by atoms with Gasteiger partial charge in [-0.3, -0.25) is 4.72 Å². The van der Waals surface area contributed by atoms with E-state index < -0.39 is 10.0 Å². The molecule has 1 aliphatic heterocycles. The summed E-state index contributed by atoms with van der Waals surface area (Å²) in [6.45, 7) is 5.82. The van der Waals surface area contributed by atoms with Crippen LogP contribution in [0.25, 0.3) is 0 Å². The topological polar surface area (TPSA) is 87.2 Å². The van der Waals surface area contributed by atoms with Crippen LogP contribution in [-0.4, -0.2) is 31.5 Å². The monoisotopic (exact) mass is 443 g/mol. The first-order valence-corrected chi connectivity index (χ1v) is 12.3. The summed E-state index contributed by atoms with van der Waals surface area (Å²) in [4.78, 5) is 12.4. The molecule has 0 aliphatic carbocycles. The molecule has 0 spiro atoms. The van der Waals surface area contributed by atoms with E-state index in [9.17, 15) is 8.42 Å². The van der Waals surface area contributed by atoms with E-state index in [1.165, 1.54) is 30.6 Å². The van der Waals surface area contributed by atoms with Gasteiger partial charge in [-0.1, -0.05) is 0 Å². The first-order valence-electron chi connectivity index (χ1n) is 9.96. The van der Waals surface area contributed by atoms with Gasteiger partial charge in [-0.25, -0.2) is 13.4 Å². The van der Waals surface area contributed by atoms with Crippen molar-refractivity contribution in [3.05, 3.63) is 53.0 Å². The van der Waals surface area contributed by atoms with E-state index in [1.807, 2.05) is 32.0 Å². The molecule has 0 amide bonds. The van der Waals surface area contributed by atoms with Gasteiger partial charge in [0.05, 0.1) is 0 Å². The summed E-state index contributed by atoms with van der Waals surface area (Å²) < 4.78 is 27.9. The Balaban J connectivity index is 1.46. The van der Waals surface area contributed by atoms with Gasteiger partial charge in [0, 0.05) is 41.1 Å². The first kappa shape index (κ1) is 20.6. The molecule has 9 heteroatoms. The molecule has 2 aromatic heterocycles. The van der Waals surface area contributed by atoms with Crippen molar-refractivity contribution in [3.8, 4) is 0 Å². The van der Waals surface area contributed by atoms with Gasteiger partial charge in [-0.05, 0) is 69.5 Å². The van der Waals surface area contributed by atoms with Gasteiger partial charge in [0.2, 0.25) is 5.95 Å². The SMILES string of the molecule is Cc1cc(Nc2ccc(NS(=O)(=O)c3ccc(C)s3)cc2)nc(N2CCCCC2)n1. The summed E-state index contributed by atoms with van der Waals surface area (Å²) in [7, 11) is -3.57. The van der Waals surface area contributed by atoms with E-state index in [4.69, 9.17) is 0 Å². The van der Waals surface area contributed by atoms with E-state index in [0.29, 0.717) is 9.90 Å². The van der Waals surface area contributed by atoms with Gasteiger partial charge >= 0.3 is 0 Å². The van der Waals surface area contributed by atoms with E-state index in [1.54, 1.807) is 24.3 Å². The second-order valence-corrected chi connectivity index (χ2v) is 10.6. The molecule has 1 aromatic carbocycles. The predicted octanol–water partition coefficient (Wildman–Crippen LogP) is 4.69. The number of aromatic nitrogens is 2. The molecular weight excluding hydrogens is 418 g/mol. The molecule has 3 aromatic rings. The third kappa shape index (κ3) is 4.91. The fourth-order valence-corrected chi connectivity index (χ4v) is 5.73. The molecule has 0 unspecified atom stereocenters. The number of benzene rings is 1. The largest absolute Gasteiger partial charge is 0.341 e. The molecule has 1 fully saturated rings. The zero-order valence-corrected chi connectivity index (χ0v) is 18.7. The zero-order valence-electron chi connectivity index (χ0n) is 17.1. The smallest absolute Gasteiger partial charge is 0.271 e. The van der Waals surface area contributed by atoms with Crippen LogP contribution in [-0.2, 0) is 10.0 Å². The third-order valence-electron chi connectivity index (χ3n) is 4.87. The summed E-state index contributed by atoms with van der Waals surface area (Å²) >= 11 is 1.25. The summed E-state index contributed by atoms with van der Waals surface area (Å²) in [5, 5.41) is 3.30. The van der Waals surface area contributed by atoms with Crippen LogP contribution in [0.1, 0.15) is 29.8 Å². The normalized spacial score (nSPS) is 14.5. The van der Waals surface area contributed by atoms with Crippen LogP contribution in [0.5, 0.6) is 0 Å². The average molecular weight is 444 g/mol. The minimum atomic E-state index is -3.57. The molecule has 7 nitrogen and oxygen atoms in total. The number of thiophene rings is 1. The fraction of sp³-hybridized carbons (Fsp3) is 0.333. The van der Waals surface area contributed by atoms with Crippen molar-refractivity contribution in [2.45, 2.75) is 37.3 Å². The molecule has 2 N–H and O–H groups in total. The van der Waals surface area contributed by atoms with Crippen molar-refractivity contribution in [2.24, 2.45) is 0 Å². The Morgan fingerprint density at radius 1 is 0.933 bits per heavy atom. The van der Waals surface area contributed by atoms with E-state index >= 15 is 0 Å². The average Bonchev–Trinajstić information content (AvgIpc) is 3.17. The minimum Gasteiger partial charge on any atom is -0.341 e. The highest BCUT2D eigenvalue weighted by Crippen LogP contribution is 2.25. The standard InChI is InChI=1S/C21H25N5O2S2/c1-15-14-19(24-21(22-15)26-12-4-3-5-13-26)23-17-7-9-18(10-8-17)25-30(27,28)20-11-6-16(2)29-20/h6-11,14,25H,3-5,12-13H2,1-2H3,(H,22,23,24). The van der Waals surface area contributed by atoms with Gasteiger partial charge in [-0.2, -0.15) is 4.98 Å². The number of piperidine rings is 1. The number of aryl methyl sites for hydroxylation is 2. The maximum absolute atomic E-state index is 12.5. The lowest BCUT2D eigenvalue weighted by Gasteiger charge is -2.27. The summed E-state index contributed by atoms with van der Waals surface area (Å²) in [5.74, 6) is 1.48. The lowest BCUT2D eigenvalue weighted by Crippen LogP contribution is -2.31. The van der Waals surface area contributed by atoms with Crippen molar-refractivity contribution in [2.75, 3.05) is 28.0 Å². The fourth-order valence-electron chi connectivity index (χ4n) is 3.38. The predicted molar refractivity (Wildman–Crippen MR) is 122 cm³/mol. The molecular formula is C21H25N5O2S2. The Hall–Kier alpha value is -2.65. The minimum absolute atomic E-state index is 0.309. The Morgan fingerprint density at radius 3 is 2.30 bits per heavy atom. The van der Waals surface area contributed by atoms with E-state index in [0.717, 1.165) is 41.1 Å². The number of nitrogens with one attached hydrogen (secondary N) is 2. The number of hydrogen-bond acceptors (Lipinski definition) is 7. The van der Waals surface area contributed by atoms with Gasteiger partial charge in [0.15, 0.2) is 0 Å². The molecule has 0 atom stereocenters. The van der Waals surface area contributed by atoms with Crippen LogP contribution < -0.4 is 14.9 Å². The zero-order chi connectivity index (χ0) is 21.1. The summed E-state index contributed by atoms with van der Waals surface area (Å²) in [5.41, 5.74) is 2.25. The molecule has 0 radical (unpaired) electrons. The third-order valence-corrected chi connectivity index (χ3v) is 7.75. The van der Waals surface area contributed by atoms with Crippen LogP contribution in [0, 0.1) is 13.8 Å². The van der Waals surface area contributed by atoms with Gasteiger partial charge < -0.3 is 10.2 Å². The van der Waals surface area contributed by atoms with Crippen LogP contribution in [0.4, 0.5) is 23.1 Å². The maximum atomic E-state index is 12.5. The summed E-state index contributed by atoms with van der Waals surface area (Å²) in [6, 6.07) is 12.5. The van der Waals surface area contributed by atoms with Gasteiger partial charge in [-0.15, -0.1) is 11.3 Å². The Morgan fingerprint density at radius 2 is 1.63 bits per heavy atom. The van der Waals surface area contributed by atoms with E-state index in [2.05, 4.69) is 24.9 Å². The highest BCUT2D eigenvalue weighted by molar-refractivity contribution is 7.94. The number of sulfonamides is 1. The van der Waals surface area contributed by atoms with Crippen molar-refractivity contribution in [3.63, 3.8) is 0 Å². The molecule has 1 saturated heterocycles. The van der Waals surface area contributed by atoms with Crippen molar-refractivity contribution in [1.29, 1.82) is 0 Å². The number of nitrogens with zero attached hydrogens (tertiary/aromatic N) is 3. The molecule has 1 aliphatic rings. The van der Waals surface area contributed by atoms with Crippen LogP contribution in [0.3, 0.4) is 0 Å². The second-order valence-electron chi connectivity index (χ2n) is 7.42. The Bertz CT molecular complexity index is 1120. The lowest BCUT2D eigenvalue weighted by atomic mass is 10.1. The molecule has 0 saturated carbocycles. The Labute approximate surface area is 181 Å². The van der Waals surface area contributed by atoms with Crippen molar-refractivity contribution < 1.29 is 8.42 Å². The van der Waals surface area contributed by atoms with Crippen LogP contribution in [0.15, 0.2) is 46.7 Å². The molecule has 158 valence electrons. The molecule has 4 rings (SSSR count). The lowest BCUT2D eigenvalue weighted by molar-refractivity contribution is 0.568. The number of anilines is 4. The first-order chi connectivity index (χ1) is 14.4. The highest BCUT2D eigenvalue weighted by atomic mass is 32.2. The highest BCUT2D eigenvalue weighted by Gasteiger charge is 2.17. The second kappa shape index (κ2) is 8.61. The summed E-state index contributed by atoms with van der Waals surface area (Å²) in [6.07, 6.45) is 3.60. The van der Waals surface area contributed by atoms with E-state index in [-0.39, 0.29) is 0 Å². The van der Waals surface area contributed by atoms with Gasteiger partial charge in [0.1, 0.15) is 10.0 Å². The number of rotatable bonds is 6. The molecule has 30 heavy (non-hydrogen) atoms. The Kier molecular flexibility index (Phi) is 5.92. The van der Waals surface area contributed by atoms with Gasteiger partial charge in [0.25, 0.3) is 10.0 Å². The van der Waals surface area contributed by atoms with Crippen LogP contribution >= 0.6 is 11.3 Å². The number of hydrogen-bond donors (Lipinski definition) is 2. The molecule has 0 bridgehead atoms. The quantitative estimate of drug-likeness (QED) is 0.575. The maximum Gasteiger partial charge on any atom is 0.271 e. The van der Waals surface area contributed by atoms with Crippen LogP contribution in [0.2, 0.25) is 0 Å². The van der Waals surface area contributed by atoms with Crippen molar-refractivity contribution >= 4 is 44.5 Å².